The molecule has 1 aliphatic carbocycles. The van der Waals surface area contributed by atoms with Crippen LogP contribution in [0.2, 0.25) is 0 Å². The van der Waals surface area contributed by atoms with E-state index in [0.717, 1.165) is 5.56 Å². The quantitative estimate of drug-likeness (QED) is 0.819. The number of esters is 1. The molecular weight excluding hydrogens is 242 g/mol. The fourth-order valence-corrected chi connectivity index (χ4v) is 2.86. The SMILES string of the molecule is COC(=O)[C@@H]1[C@H](N)[C@@H](c2ccccc2)CC(=O)[C@@H]1C. The number of ether oxygens (including phenoxy) is 1. The number of carbonyl (C=O) groups excluding carboxylic acids is 2. The lowest BCUT2D eigenvalue weighted by atomic mass is 9.68. The number of methoxy groups -OCH3 is 1. The van der Waals surface area contributed by atoms with E-state index in [1.54, 1.807) is 6.92 Å². The first-order chi connectivity index (χ1) is 9.06. The summed E-state index contributed by atoms with van der Waals surface area (Å²) in [6.07, 6.45) is 0.389. The Morgan fingerprint density at radius 1 is 1.32 bits per heavy atom. The number of ketones is 1. The zero-order valence-electron chi connectivity index (χ0n) is 11.2. The smallest absolute Gasteiger partial charge is 0.310 e. The van der Waals surface area contributed by atoms with Crippen LogP contribution in [0.25, 0.3) is 0 Å². The predicted molar refractivity (Wildman–Crippen MR) is 71.5 cm³/mol. The molecule has 4 nitrogen and oxygen atoms in total. The van der Waals surface area contributed by atoms with Gasteiger partial charge in [0.15, 0.2) is 0 Å². The Bertz CT molecular complexity index is 472. The number of nitrogens with two attached hydrogens (primary N) is 1. The van der Waals surface area contributed by atoms with Crippen molar-refractivity contribution in [2.75, 3.05) is 7.11 Å². The van der Waals surface area contributed by atoms with Crippen LogP contribution in [0.5, 0.6) is 0 Å². The van der Waals surface area contributed by atoms with Gasteiger partial charge in [0.25, 0.3) is 0 Å². The van der Waals surface area contributed by atoms with Crippen LogP contribution in [-0.4, -0.2) is 24.9 Å². The summed E-state index contributed by atoms with van der Waals surface area (Å²) in [7, 11) is 1.33. The van der Waals surface area contributed by atoms with E-state index in [2.05, 4.69) is 0 Å². The van der Waals surface area contributed by atoms with Crippen LogP contribution in [0.1, 0.15) is 24.8 Å². The largest absolute Gasteiger partial charge is 0.469 e. The van der Waals surface area contributed by atoms with Gasteiger partial charge in [0.1, 0.15) is 5.78 Å². The van der Waals surface area contributed by atoms with Gasteiger partial charge in [-0.2, -0.15) is 0 Å². The van der Waals surface area contributed by atoms with Gasteiger partial charge in [0, 0.05) is 24.3 Å². The average Bonchev–Trinajstić information content (AvgIpc) is 2.43. The third-order valence-corrected chi connectivity index (χ3v) is 4.05. The van der Waals surface area contributed by atoms with Gasteiger partial charge >= 0.3 is 5.97 Å². The lowest BCUT2D eigenvalue weighted by Crippen LogP contribution is -2.50. The molecule has 0 saturated heterocycles. The Labute approximate surface area is 112 Å². The van der Waals surface area contributed by atoms with Crippen LogP contribution in [0.4, 0.5) is 0 Å². The summed E-state index contributed by atoms with van der Waals surface area (Å²) >= 11 is 0. The maximum atomic E-state index is 12.1. The second kappa shape index (κ2) is 5.53. The van der Waals surface area contributed by atoms with Gasteiger partial charge in [0.2, 0.25) is 0 Å². The van der Waals surface area contributed by atoms with Crippen molar-refractivity contribution in [1.82, 2.24) is 0 Å². The minimum Gasteiger partial charge on any atom is -0.469 e. The summed E-state index contributed by atoms with van der Waals surface area (Å²) in [4.78, 5) is 23.9. The van der Waals surface area contributed by atoms with Gasteiger partial charge in [0.05, 0.1) is 13.0 Å². The molecular formula is C15H19NO3. The van der Waals surface area contributed by atoms with E-state index < -0.39 is 11.9 Å². The van der Waals surface area contributed by atoms with Gasteiger partial charge in [-0.05, 0) is 5.56 Å². The molecule has 0 heterocycles. The van der Waals surface area contributed by atoms with Crippen LogP contribution in [-0.2, 0) is 14.3 Å². The van der Waals surface area contributed by atoms with E-state index in [1.165, 1.54) is 7.11 Å². The van der Waals surface area contributed by atoms with Gasteiger partial charge in [-0.1, -0.05) is 37.3 Å². The van der Waals surface area contributed by atoms with Crippen LogP contribution in [0.15, 0.2) is 30.3 Å². The predicted octanol–water partition coefficient (Wildman–Crippen LogP) is 1.50. The highest BCUT2D eigenvalue weighted by molar-refractivity contribution is 5.89. The molecule has 1 aliphatic rings. The molecule has 4 heteroatoms. The molecule has 2 N–H and O–H groups in total. The van der Waals surface area contributed by atoms with E-state index in [9.17, 15) is 9.59 Å². The van der Waals surface area contributed by atoms with Gasteiger partial charge in [-0.3, -0.25) is 9.59 Å². The Kier molecular flexibility index (Phi) is 4.00. The van der Waals surface area contributed by atoms with Crippen LogP contribution >= 0.6 is 0 Å². The first-order valence-corrected chi connectivity index (χ1v) is 6.47. The minimum atomic E-state index is -0.559. The van der Waals surface area contributed by atoms with Crippen molar-refractivity contribution in [3.8, 4) is 0 Å². The molecule has 102 valence electrons. The summed E-state index contributed by atoms with van der Waals surface area (Å²) in [5.74, 6) is -1.37. The molecule has 0 amide bonds. The summed E-state index contributed by atoms with van der Waals surface area (Å²) < 4.78 is 4.79. The number of carbonyl (C=O) groups is 2. The number of hydrogen-bond donors (Lipinski definition) is 1. The highest BCUT2D eigenvalue weighted by Crippen LogP contribution is 2.37. The van der Waals surface area contributed by atoms with Crippen molar-refractivity contribution in [1.29, 1.82) is 0 Å². The Morgan fingerprint density at radius 2 is 1.95 bits per heavy atom. The molecule has 0 spiro atoms. The number of benzene rings is 1. The van der Waals surface area contributed by atoms with E-state index in [-0.39, 0.29) is 23.7 Å². The zero-order valence-corrected chi connectivity index (χ0v) is 11.2. The van der Waals surface area contributed by atoms with Crippen LogP contribution < -0.4 is 5.73 Å². The normalized spacial score (nSPS) is 31.0. The fourth-order valence-electron chi connectivity index (χ4n) is 2.86. The van der Waals surface area contributed by atoms with Crippen LogP contribution in [0.3, 0.4) is 0 Å². The molecule has 4 atom stereocenters. The summed E-state index contributed by atoms with van der Waals surface area (Å²) in [5.41, 5.74) is 7.24. The molecule has 1 saturated carbocycles. The average molecular weight is 261 g/mol. The highest BCUT2D eigenvalue weighted by Gasteiger charge is 2.45. The Hall–Kier alpha value is -1.68. The number of hydrogen-bond acceptors (Lipinski definition) is 4. The number of Topliss-reactive ketones (excluding diaryl/α,β-unsaturated/α-hetero) is 1. The summed E-state index contributed by atoms with van der Waals surface area (Å²) in [6.45, 7) is 1.75. The summed E-state index contributed by atoms with van der Waals surface area (Å²) in [6, 6.07) is 9.25. The fraction of sp³-hybridized carbons (Fsp3) is 0.467. The highest BCUT2D eigenvalue weighted by atomic mass is 16.5. The first-order valence-electron chi connectivity index (χ1n) is 6.47. The molecule has 0 aromatic heterocycles. The molecule has 0 radical (unpaired) electrons. The third-order valence-electron chi connectivity index (χ3n) is 4.05. The molecule has 0 aliphatic heterocycles. The minimum absolute atomic E-state index is 0.0750. The topological polar surface area (TPSA) is 69.4 Å². The molecule has 0 unspecified atom stereocenters. The van der Waals surface area contributed by atoms with Crippen molar-refractivity contribution in [3.05, 3.63) is 35.9 Å². The second-order valence-corrected chi connectivity index (χ2v) is 5.10. The molecule has 2 rings (SSSR count). The van der Waals surface area contributed by atoms with Crippen molar-refractivity contribution in [2.45, 2.75) is 25.3 Å². The maximum absolute atomic E-state index is 12.1. The standard InChI is InChI=1S/C15H19NO3/c1-9-12(17)8-11(10-6-4-3-5-7-10)14(16)13(9)15(18)19-2/h3-7,9,11,13-14H,8,16H2,1-2H3/t9-,11+,13-,14+/m0/s1. The van der Waals surface area contributed by atoms with E-state index in [1.807, 2.05) is 30.3 Å². The lowest BCUT2D eigenvalue weighted by Gasteiger charge is -2.37. The molecule has 1 aromatic carbocycles. The van der Waals surface area contributed by atoms with Crippen LogP contribution in [0, 0.1) is 11.8 Å². The molecule has 0 bridgehead atoms. The monoisotopic (exact) mass is 261 g/mol. The maximum Gasteiger partial charge on any atom is 0.310 e. The Balaban J connectivity index is 2.32. The zero-order chi connectivity index (χ0) is 14.0. The second-order valence-electron chi connectivity index (χ2n) is 5.10. The van der Waals surface area contributed by atoms with Gasteiger partial charge < -0.3 is 10.5 Å². The van der Waals surface area contributed by atoms with E-state index in [0.29, 0.717) is 6.42 Å². The summed E-state index contributed by atoms with van der Waals surface area (Å²) in [5, 5.41) is 0. The van der Waals surface area contributed by atoms with Crippen molar-refractivity contribution >= 4 is 11.8 Å². The van der Waals surface area contributed by atoms with Crippen molar-refractivity contribution in [3.63, 3.8) is 0 Å². The Morgan fingerprint density at radius 3 is 2.53 bits per heavy atom. The van der Waals surface area contributed by atoms with Gasteiger partial charge in [-0.15, -0.1) is 0 Å². The molecule has 1 fully saturated rings. The lowest BCUT2D eigenvalue weighted by molar-refractivity contribution is -0.152. The van der Waals surface area contributed by atoms with E-state index in [4.69, 9.17) is 10.5 Å². The van der Waals surface area contributed by atoms with E-state index >= 15 is 0 Å². The number of rotatable bonds is 2. The van der Waals surface area contributed by atoms with Crippen molar-refractivity contribution < 1.29 is 14.3 Å². The molecule has 1 aromatic rings. The van der Waals surface area contributed by atoms with Crippen molar-refractivity contribution in [2.24, 2.45) is 17.6 Å². The molecule has 19 heavy (non-hydrogen) atoms. The van der Waals surface area contributed by atoms with Gasteiger partial charge in [-0.25, -0.2) is 0 Å². The third kappa shape index (κ3) is 2.54. The first kappa shape index (κ1) is 13.7.